The molecule has 0 heterocycles. The first-order valence-electron chi connectivity index (χ1n) is 7.07. The van der Waals surface area contributed by atoms with Crippen LogP contribution in [0.1, 0.15) is 40.8 Å². The molecule has 4 nitrogen and oxygen atoms in total. The molecule has 0 radical (unpaired) electrons. The second kappa shape index (κ2) is 7.73. The van der Waals surface area contributed by atoms with Gasteiger partial charge in [-0.3, -0.25) is 0 Å². The summed E-state index contributed by atoms with van der Waals surface area (Å²) in [5.74, 6) is -0.424. The minimum atomic E-state index is -0.716. The number of esters is 1. The van der Waals surface area contributed by atoms with Gasteiger partial charge >= 0.3 is 5.97 Å². The Morgan fingerprint density at radius 1 is 0.864 bits per heavy atom. The number of hydrogen-bond donors (Lipinski definition) is 0. The van der Waals surface area contributed by atoms with Gasteiger partial charge in [0.15, 0.2) is 0 Å². The Hall–Kier alpha value is -2.17. The smallest absolute Gasteiger partial charge is 0.340 e. The van der Waals surface area contributed by atoms with Crippen LogP contribution in [0.2, 0.25) is 0 Å². The molecule has 4 heteroatoms. The minimum absolute atomic E-state index is 0.0129. The molecule has 0 saturated heterocycles. The number of ether oxygens (including phenoxy) is 3. The Balaban J connectivity index is 2.08. The maximum atomic E-state index is 12.2. The second-order valence-corrected chi connectivity index (χ2v) is 4.88. The van der Waals surface area contributed by atoms with E-state index in [0.29, 0.717) is 5.56 Å². The van der Waals surface area contributed by atoms with Gasteiger partial charge in [-0.05, 0) is 24.6 Å². The van der Waals surface area contributed by atoms with Crippen LogP contribution in [0.5, 0.6) is 0 Å². The first-order valence-corrected chi connectivity index (χ1v) is 7.07. The third-order valence-electron chi connectivity index (χ3n) is 3.47. The van der Waals surface area contributed by atoms with Gasteiger partial charge in [0.1, 0.15) is 0 Å². The topological polar surface area (TPSA) is 44.8 Å². The van der Waals surface area contributed by atoms with Crippen molar-refractivity contribution in [2.75, 3.05) is 14.2 Å². The third kappa shape index (κ3) is 3.93. The molecule has 0 aromatic heterocycles. The van der Waals surface area contributed by atoms with E-state index in [1.807, 2.05) is 49.4 Å². The van der Waals surface area contributed by atoms with E-state index in [4.69, 9.17) is 14.2 Å². The van der Waals surface area contributed by atoms with E-state index in [9.17, 15) is 4.79 Å². The lowest BCUT2D eigenvalue weighted by Crippen LogP contribution is -2.13. The molecule has 0 amide bonds. The van der Waals surface area contributed by atoms with Gasteiger partial charge in [0.25, 0.3) is 0 Å². The normalized spacial score (nSPS) is 13.4. The summed E-state index contributed by atoms with van der Waals surface area (Å²) >= 11 is 0. The molecule has 2 atom stereocenters. The van der Waals surface area contributed by atoms with Crippen LogP contribution in [0.15, 0.2) is 54.6 Å². The molecular weight excluding hydrogens is 280 g/mol. The van der Waals surface area contributed by atoms with Crippen LogP contribution in [-0.2, 0) is 14.2 Å². The molecule has 2 rings (SSSR count). The van der Waals surface area contributed by atoms with Gasteiger partial charge in [0.05, 0.1) is 11.7 Å². The highest BCUT2D eigenvalue weighted by Crippen LogP contribution is 2.21. The average Bonchev–Trinajstić information content (AvgIpc) is 2.59. The molecule has 0 aliphatic rings. The summed E-state index contributed by atoms with van der Waals surface area (Å²) in [6.45, 7) is 1.95. The third-order valence-corrected chi connectivity index (χ3v) is 3.47. The van der Waals surface area contributed by atoms with Gasteiger partial charge in [0, 0.05) is 19.8 Å². The van der Waals surface area contributed by atoms with Crippen molar-refractivity contribution in [2.24, 2.45) is 0 Å². The summed E-state index contributed by atoms with van der Waals surface area (Å²) in [7, 11) is 3.16. The van der Waals surface area contributed by atoms with Crippen molar-refractivity contribution in [3.05, 3.63) is 71.3 Å². The zero-order chi connectivity index (χ0) is 15.9. The average molecular weight is 300 g/mol. The van der Waals surface area contributed by atoms with Gasteiger partial charge in [-0.2, -0.15) is 0 Å². The summed E-state index contributed by atoms with van der Waals surface area (Å²) in [5, 5.41) is 0. The summed E-state index contributed by atoms with van der Waals surface area (Å²) in [5.41, 5.74) is 2.28. The second-order valence-electron chi connectivity index (χ2n) is 4.88. The fourth-order valence-corrected chi connectivity index (χ4v) is 2.05. The van der Waals surface area contributed by atoms with E-state index in [0.717, 1.165) is 11.1 Å². The fraction of sp³-hybridized carbons (Fsp3) is 0.278. The predicted molar refractivity (Wildman–Crippen MR) is 83.5 cm³/mol. The fourth-order valence-electron chi connectivity index (χ4n) is 2.05. The van der Waals surface area contributed by atoms with Crippen LogP contribution < -0.4 is 0 Å². The maximum Gasteiger partial charge on any atom is 0.340 e. The molecule has 116 valence electrons. The number of benzene rings is 2. The van der Waals surface area contributed by atoms with Crippen molar-refractivity contribution in [1.82, 2.24) is 0 Å². The Morgan fingerprint density at radius 3 is 2.05 bits per heavy atom. The summed E-state index contributed by atoms with van der Waals surface area (Å²) < 4.78 is 15.9. The van der Waals surface area contributed by atoms with Gasteiger partial charge in [0.2, 0.25) is 6.29 Å². The molecule has 0 saturated carbocycles. The van der Waals surface area contributed by atoms with E-state index >= 15 is 0 Å². The van der Waals surface area contributed by atoms with Crippen molar-refractivity contribution in [1.29, 1.82) is 0 Å². The predicted octanol–water partition coefficient (Wildman–Crippen LogP) is 3.90. The standard InChI is InChI=1S/C18H20O4/c1-13(20-2)14-9-11-15(12-10-14)17(19)22-18(21-3)16-7-5-4-6-8-16/h4-13,18H,1-3H3. The van der Waals surface area contributed by atoms with E-state index < -0.39 is 12.3 Å². The van der Waals surface area contributed by atoms with E-state index in [-0.39, 0.29) is 6.10 Å². The molecule has 0 spiro atoms. The number of methoxy groups -OCH3 is 2. The van der Waals surface area contributed by atoms with Gasteiger partial charge in [-0.25, -0.2) is 4.79 Å². The zero-order valence-electron chi connectivity index (χ0n) is 13.0. The van der Waals surface area contributed by atoms with Crippen LogP contribution in [0.4, 0.5) is 0 Å². The summed E-state index contributed by atoms with van der Waals surface area (Å²) in [6, 6.07) is 16.5. The van der Waals surface area contributed by atoms with Crippen LogP contribution in [0, 0.1) is 0 Å². The molecule has 0 N–H and O–H groups in total. The van der Waals surface area contributed by atoms with Crippen LogP contribution >= 0.6 is 0 Å². The number of carbonyl (C=O) groups is 1. The Labute approximate surface area is 130 Å². The van der Waals surface area contributed by atoms with E-state index in [1.165, 1.54) is 7.11 Å². The lowest BCUT2D eigenvalue weighted by Gasteiger charge is -2.16. The zero-order valence-corrected chi connectivity index (χ0v) is 13.0. The van der Waals surface area contributed by atoms with Crippen LogP contribution in [0.25, 0.3) is 0 Å². The van der Waals surface area contributed by atoms with Crippen molar-refractivity contribution in [3.8, 4) is 0 Å². The minimum Gasteiger partial charge on any atom is -0.428 e. The largest absolute Gasteiger partial charge is 0.428 e. The highest BCUT2D eigenvalue weighted by Gasteiger charge is 2.17. The van der Waals surface area contributed by atoms with Crippen molar-refractivity contribution in [2.45, 2.75) is 19.3 Å². The lowest BCUT2D eigenvalue weighted by molar-refractivity contribution is -0.0927. The lowest BCUT2D eigenvalue weighted by atomic mass is 10.1. The molecule has 2 aromatic rings. The highest BCUT2D eigenvalue weighted by molar-refractivity contribution is 5.89. The summed E-state index contributed by atoms with van der Waals surface area (Å²) in [4.78, 5) is 12.2. The van der Waals surface area contributed by atoms with Crippen LogP contribution in [-0.4, -0.2) is 20.2 Å². The molecular formula is C18H20O4. The molecule has 2 aromatic carbocycles. The number of hydrogen-bond acceptors (Lipinski definition) is 4. The van der Waals surface area contributed by atoms with Crippen LogP contribution in [0.3, 0.4) is 0 Å². The number of rotatable bonds is 6. The summed E-state index contributed by atoms with van der Waals surface area (Å²) in [6.07, 6.45) is -0.729. The molecule has 0 fully saturated rings. The highest BCUT2D eigenvalue weighted by atomic mass is 16.7. The van der Waals surface area contributed by atoms with Gasteiger partial charge in [-0.1, -0.05) is 42.5 Å². The Morgan fingerprint density at radius 2 is 1.50 bits per heavy atom. The van der Waals surface area contributed by atoms with Gasteiger partial charge in [-0.15, -0.1) is 0 Å². The maximum absolute atomic E-state index is 12.2. The van der Waals surface area contributed by atoms with Crippen molar-refractivity contribution < 1.29 is 19.0 Å². The first-order chi connectivity index (χ1) is 10.7. The molecule has 0 aliphatic heterocycles. The number of carbonyl (C=O) groups excluding carboxylic acids is 1. The molecule has 0 aliphatic carbocycles. The van der Waals surface area contributed by atoms with Crippen molar-refractivity contribution >= 4 is 5.97 Å². The van der Waals surface area contributed by atoms with E-state index in [2.05, 4.69) is 0 Å². The molecule has 2 unspecified atom stereocenters. The molecule has 22 heavy (non-hydrogen) atoms. The monoisotopic (exact) mass is 300 g/mol. The molecule has 0 bridgehead atoms. The Kier molecular flexibility index (Phi) is 5.69. The Bertz CT molecular complexity index is 592. The SMILES string of the molecule is COC(C)c1ccc(C(=O)OC(OC)c2ccccc2)cc1. The van der Waals surface area contributed by atoms with E-state index in [1.54, 1.807) is 19.2 Å². The van der Waals surface area contributed by atoms with Crippen molar-refractivity contribution in [3.63, 3.8) is 0 Å². The quantitative estimate of drug-likeness (QED) is 0.599. The first kappa shape index (κ1) is 16.2. The van der Waals surface area contributed by atoms with Gasteiger partial charge < -0.3 is 14.2 Å².